The Morgan fingerprint density at radius 2 is 2.32 bits per heavy atom. The molecule has 2 atom stereocenters. The van der Waals surface area contributed by atoms with Gasteiger partial charge in [-0.15, -0.1) is 0 Å². The monoisotopic (exact) mass is 260 g/mol. The van der Waals surface area contributed by atoms with E-state index in [1.165, 1.54) is 0 Å². The maximum absolute atomic E-state index is 10.0. The molecule has 2 aromatic heterocycles. The van der Waals surface area contributed by atoms with E-state index in [2.05, 4.69) is 16.8 Å². The van der Waals surface area contributed by atoms with E-state index >= 15 is 0 Å². The van der Waals surface area contributed by atoms with Crippen LogP contribution in [0.4, 0.5) is 5.82 Å². The summed E-state index contributed by atoms with van der Waals surface area (Å²) >= 11 is 0. The average molecular weight is 260 g/mol. The first-order valence-corrected chi connectivity index (χ1v) is 6.79. The molecule has 19 heavy (non-hydrogen) atoms. The van der Waals surface area contributed by atoms with Crippen molar-refractivity contribution in [2.45, 2.75) is 26.0 Å². The number of hydrogen-bond acceptors (Lipinski definition) is 4. The summed E-state index contributed by atoms with van der Waals surface area (Å²) in [6.45, 7) is 4.10. The largest absolute Gasteiger partial charge is 0.391 e. The summed E-state index contributed by atoms with van der Waals surface area (Å²) in [5, 5.41) is 10.0. The van der Waals surface area contributed by atoms with Gasteiger partial charge < -0.3 is 20.1 Å². The van der Waals surface area contributed by atoms with Gasteiger partial charge in [-0.3, -0.25) is 0 Å². The van der Waals surface area contributed by atoms with Gasteiger partial charge in [0.25, 0.3) is 0 Å². The minimum absolute atomic E-state index is 0.288. The van der Waals surface area contributed by atoms with Gasteiger partial charge in [0.2, 0.25) is 0 Å². The molecule has 2 unspecified atom stereocenters. The van der Waals surface area contributed by atoms with Crippen LogP contribution in [0, 0.1) is 5.92 Å². The van der Waals surface area contributed by atoms with E-state index < -0.39 is 0 Å². The molecule has 1 aliphatic heterocycles. The van der Waals surface area contributed by atoms with Crippen molar-refractivity contribution in [3.63, 3.8) is 0 Å². The number of nitrogens with two attached hydrogens (primary N) is 1. The molecule has 3 heterocycles. The van der Waals surface area contributed by atoms with Crippen molar-refractivity contribution in [3.8, 4) is 0 Å². The van der Waals surface area contributed by atoms with Gasteiger partial charge in [-0.25, -0.2) is 4.98 Å². The van der Waals surface area contributed by atoms with Crippen LogP contribution in [0.25, 0.3) is 5.65 Å². The number of aliphatic hydroxyl groups excluding tert-OH is 1. The van der Waals surface area contributed by atoms with Gasteiger partial charge >= 0.3 is 0 Å². The number of nitrogens with zero attached hydrogens (tertiary/aromatic N) is 3. The number of aromatic nitrogens is 2. The summed E-state index contributed by atoms with van der Waals surface area (Å²) in [4.78, 5) is 6.82. The second kappa shape index (κ2) is 4.83. The highest BCUT2D eigenvalue weighted by molar-refractivity contribution is 5.56. The van der Waals surface area contributed by atoms with Crippen LogP contribution in [0.15, 0.2) is 24.4 Å². The number of fused-ring (bicyclic) bond motifs is 1. The van der Waals surface area contributed by atoms with Crippen LogP contribution < -0.4 is 10.6 Å². The molecule has 1 fully saturated rings. The predicted octanol–water partition coefficient (Wildman–Crippen LogP) is 1.00. The van der Waals surface area contributed by atoms with E-state index in [1.807, 2.05) is 28.8 Å². The molecule has 0 saturated carbocycles. The molecule has 1 aliphatic rings. The van der Waals surface area contributed by atoms with Crippen LogP contribution in [-0.4, -0.2) is 33.7 Å². The van der Waals surface area contributed by atoms with Crippen LogP contribution >= 0.6 is 0 Å². The van der Waals surface area contributed by atoms with Gasteiger partial charge in [0.1, 0.15) is 5.65 Å². The van der Waals surface area contributed by atoms with E-state index in [0.29, 0.717) is 19.0 Å². The molecule has 5 nitrogen and oxygen atoms in total. The number of aliphatic hydroxyl groups is 1. The highest BCUT2D eigenvalue weighted by Gasteiger charge is 2.27. The second-order valence-corrected chi connectivity index (χ2v) is 5.29. The number of rotatable bonds is 2. The van der Waals surface area contributed by atoms with Crippen molar-refractivity contribution in [1.29, 1.82) is 0 Å². The van der Waals surface area contributed by atoms with E-state index in [1.54, 1.807) is 0 Å². The Balaban J connectivity index is 2.00. The number of hydrogen-bond donors (Lipinski definition) is 2. The zero-order chi connectivity index (χ0) is 13.4. The maximum Gasteiger partial charge on any atom is 0.152 e. The van der Waals surface area contributed by atoms with Crippen LogP contribution in [0.5, 0.6) is 0 Å². The summed E-state index contributed by atoms with van der Waals surface area (Å²) in [6.07, 6.45) is 2.68. The molecule has 3 rings (SSSR count). The summed E-state index contributed by atoms with van der Waals surface area (Å²) in [5.74, 6) is 1.27. The van der Waals surface area contributed by atoms with Gasteiger partial charge in [0.05, 0.1) is 11.8 Å². The Morgan fingerprint density at radius 3 is 3.05 bits per heavy atom. The van der Waals surface area contributed by atoms with Crippen molar-refractivity contribution in [2.75, 3.05) is 18.0 Å². The Labute approximate surface area is 112 Å². The lowest BCUT2D eigenvalue weighted by molar-refractivity contribution is 0.102. The van der Waals surface area contributed by atoms with Crippen molar-refractivity contribution in [3.05, 3.63) is 30.1 Å². The highest BCUT2D eigenvalue weighted by Crippen LogP contribution is 2.26. The molecule has 5 heteroatoms. The van der Waals surface area contributed by atoms with Crippen molar-refractivity contribution in [2.24, 2.45) is 11.7 Å². The minimum Gasteiger partial charge on any atom is -0.391 e. The first kappa shape index (κ1) is 12.4. The third kappa shape index (κ3) is 2.09. The molecular weight excluding hydrogens is 240 g/mol. The zero-order valence-corrected chi connectivity index (χ0v) is 11.2. The molecule has 1 saturated heterocycles. The molecule has 2 aromatic rings. The van der Waals surface area contributed by atoms with Crippen molar-refractivity contribution < 1.29 is 5.11 Å². The van der Waals surface area contributed by atoms with Crippen molar-refractivity contribution in [1.82, 2.24) is 9.38 Å². The zero-order valence-electron chi connectivity index (χ0n) is 11.2. The summed E-state index contributed by atoms with van der Waals surface area (Å²) in [6, 6.07) is 5.93. The Bertz CT molecular complexity index is 580. The van der Waals surface area contributed by atoms with Crippen LogP contribution in [0.1, 0.15) is 19.0 Å². The van der Waals surface area contributed by atoms with Gasteiger partial charge in [-0.1, -0.05) is 13.0 Å². The van der Waals surface area contributed by atoms with E-state index in [4.69, 9.17) is 5.73 Å². The number of anilines is 1. The summed E-state index contributed by atoms with van der Waals surface area (Å²) < 4.78 is 2.03. The third-order valence-corrected chi connectivity index (χ3v) is 4.02. The summed E-state index contributed by atoms with van der Waals surface area (Å²) in [7, 11) is 0. The molecule has 3 N–H and O–H groups in total. The fraction of sp³-hybridized carbons (Fsp3) is 0.500. The standard InChI is InChI=1S/C14H20N4O/c1-10-5-7-17(9-12(10)19)14-11(8-15)18-6-3-2-4-13(18)16-14/h2-4,6,10,12,19H,5,7-9,15H2,1H3. The smallest absolute Gasteiger partial charge is 0.152 e. The first-order chi connectivity index (χ1) is 9.20. The fourth-order valence-corrected chi connectivity index (χ4v) is 2.72. The van der Waals surface area contributed by atoms with Crippen LogP contribution in [-0.2, 0) is 6.54 Å². The third-order valence-electron chi connectivity index (χ3n) is 4.02. The Hall–Kier alpha value is -1.59. The van der Waals surface area contributed by atoms with Crippen LogP contribution in [0.2, 0.25) is 0 Å². The lowest BCUT2D eigenvalue weighted by Gasteiger charge is -2.34. The number of piperidine rings is 1. The molecule has 0 aromatic carbocycles. The summed E-state index contributed by atoms with van der Waals surface area (Å²) in [5.41, 5.74) is 7.80. The first-order valence-electron chi connectivity index (χ1n) is 6.79. The predicted molar refractivity (Wildman–Crippen MR) is 75.1 cm³/mol. The number of pyridine rings is 1. The van der Waals surface area contributed by atoms with Gasteiger partial charge in [-0.05, 0) is 24.5 Å². The van der Waals surface area contributed by atoms with E-state index in [-0.39, 0.29) is 6.10 Å². The minimum atomic E-state index is -0.288. The van der Waals surface area contributed by atoms with Gasteiger partial charge in [0, 0.05) is 25.8 Å². The van der Waals surface area contributed by atoms with Gasteiger partial charge in [-0.2, -0.15) is 0 Å². The quantitative estimate of drug-likeness (QED) is 0.845. The molecule has 102 valence electrons. The molecule has 0 amide bonds. The normalized spacial score (nSPS) is 24.1. The van der Waals surface area contributed by atoms with Crippen molar-refractivity contribution >= 4 is 11.5 Å². The second-order valence-electron chi connectivity index (χ2n) is 5.29. The molecule has 0 radical (unpaired) electrons. The molecule has 0 bridgehead atoms. The van der Waals surface area contributed by atoms with E-state index in [9.17, 15) is 5.11 Å². The average Bonchev–Trinajstić information content (AvgIpc) is 2.80. The lowest BCUT2D eigenvalue weighted by Crippen LogP contribution is -2.43. The Kier molecular flexibility index (Phi) is 3.16. The fourth-order valence-electron chi connectivity index (χ4n) is 2.72. The number of β-amino-alcohol motifs (C(OH)–C–C–N with tert-alkyl or cyclic N) is 1. The topological polar surface area (TPSA) is 66.8 Å². The lowest BCUT2D eigenvalue weighted by atomic mass is 9.96. The molecular formula is C14H20N4O. The SMILES string of the molecule is CC1CCN(c2nc3ccccn3c2CN)CC1O. The van der Waals surface area contributed by atoms with Crippen LogP contribution in [0.3, 0.4) is 0 Å². The molecule has 0 spiro atoms. The van der Waals surface area contributed by atoms with E-state index in [0.717, 1.165) is 30.1 Å². The highest BCUT2D eigenvalue weighted by atomic mass is 16.3. The number of imidazole rings is 1. The molecule has 0 aliphatic carbocycles. The van der Waals surface area contributed by atoms with Gasteiger partial charge in [0.15, 0.2) is 5.82 Å². The maximum atomic E-state index is 10.0. The Morgan fingerprint density at radius 1 is 1.47 bits per heavy atom.